The van der Waals surface area contributed by atoms with Gasteiger partial charge in [0, 0.05) is 28.2 Å². The maximum atomic E-state index is 12.2. The predicted molar refractivity (Wildman–Crippen MR) is 88.3 cm³/mol. The van der Waals surface area contributed by atoms with Crippen LogP contribution in [0.4, 0.5) is 0 Å². The van der Waals surface area contributed by atoms with E-state index in [1.165, 1.54) is 0 Å². The topological polar surface area (TPSA) is 71.4 Å². The lowest BCUT2D eigenvalue weighted by atomic mass is 10.2. The van der Waals surface area contributed by atoms with E-state index in [0.29, 0.717) is 5.56 Å². The van der Waals surface area contributed by atoms with Crippen LogP contribution >= 0.6 is 0 Å². The molecule has 6 heteroatoms. The lowest BCUT2D eigenvalue weighted by Crippen LogP contribution is -2.45. The molecular formula is C18H17N3O3. The number of carbonyl (C=O) groups is 3. The molecule has 24 heavy (non-hydrogen) atoms. The third-order valence-corrected chi connectivity index (χ3v) is 3.99. The molecule has 0 bridgehead atoms. The van der Waals surface area contributed by atoms with Crippen molar-refractivity contribution >= 4 is 17.7 Å². The summed E-state index contributed by atoms with van der Waals surface area (Å²) in [6.07, 6.45) is -0.0652. The fraction of sp³-hybridized carbons (Fsp3) is 0.167. The SMILES string of the molecule is C=C1CC(=O)N(NC(=O)c2ccc(-n3c(C)ccc3C)cc2)C1=O. The highest BCUT2D eigenvalue weighted by atomic mass is 16.2. The first-order valence-electron chi connectivity index (χ1n) is 7.50. The maximum absolute atomic E-state index is 12.2. The number of imide groups is 1. The maximum Gasteiger partial charge on any atom is 0.275 e. The fourth-order valence-corrected chi connectivity index (χ4v) is 2.73. The van der Waals surface area contributed by atoms with Crippen LogP contribution in [0.5, 0.6) is 0 Å². The first-order valence-corrected chi connectivity index (χ1v) is 7.50. The Bertz CT molecular complexity index is 843. The van der Waals surface area contributed by atoms with Crippen LogP contribution in [0.3, 0.4) is 0 Å². The summed E-state index contributed by atoms with van der Waals surface area (Å²) in [5.41, 5.74) is 5.99. The number of hydrogen-bond donors (Lipinski definition) is 1. The van der Waals surface area contributed by atoms with Crippen LogP contribution in [0.1, 0.15) is 28.2 Å². The second-order valence-corrected chi connectivity index (χ2v) is 5.75. The monoisotopic (exact) mass is 323 g/mol. The van der Waals surface area contributed by atoms with Gasteiger partial charge in [0.1, 0.15) is 0 Å². The molecular weight excluding hydrogens is 306 g/mol. The smallest absolute Gasteiger partial charge is 0.275 e. The van der Waals surface area contributed by atoms with E-state index in [-0.39, 0.29) is 12.0 Å². The van der Waals surface area contributed by atoms with E-state index in [0.717, 1.165) is 22.1 Å². The number of aromatic nitrogens is 1. The molecule has 1 fully saturated rings. The van der Waals surface area contributed by atoms with Gasteiger partial charge in [0.2, 0.25) is 0 Å². The van der Waals surface area contributed by atoms with Gasteiger partial charge in [-0.05, 0) is 50.2 Å². The Hall–Kier alpha value is -3.15. The fourth-order valence-electron chi connectivity index (χ4n) is 2.73. The Labute approximate surface area is 139 Å². The average Bonchev–Trinajstić information content (AvgIpc) is 3.01. The summed E-state index contributed by atoms with van der Waals surface area (Å²) < 4.78 is 2.07. The molecule has 1 aromatic heterocycles. The van der Waals surface area contributed by atoms with Crippen LogP contribution in [-0.2, 0) is 9.59 Å². The first kappa shape index (κ1) is 15.7. The highest BCUT2D eigenvalue weighted by Crippen LogP contribution is 2.18. The van der Waals surface area contributed by atoms with Crippen molar-refractivity contribution in [1.29, 1.82) is 0 Å². The van der Waals surface area contributed by atoms with Crippen molar-refractivity contribution in [1.82, 2.24) is 15.0 Å². The standard InChI is InChI=1S/C18H17N3O3/c1-11-10-16(22)21(18(11)24)19-17(23)14-6-8-15(9-7-14)20-12(2)4-5-13(20)3/h4-9H,1,10H2,2-3H3,(H,19,23). The summed E-state index contributed by atoms with van der Waals surface area (Å²) in [7, 11) is 0. The zero-order chi connectivity index (χ0) is 17.4. The lowest BCUT2D eigenvalue weighted by molar-refractivity contribution is -0.140. The third-order valence-electron chi connectivity index (χ3n) is 3.99. The summed E-state index contributed by atoms with van der Waals surface area (Å²) >= 11 is 0. The molecule has 2 aromatic rings. The molecule has 0 spiro atoms. The van der Waals surface area contributed by atoms with Gasteiger partial charge in [0.05, 0.1) is 6.42 Å². The molecule has 1 aliphatic heterocycles. The number of aryl methyl sites for hydroxylation is 2. The van der Waals surface area contributed by atoms with E-state index < -0.39 is 17.7 Å². The van der Waals surface area contributed by atoms with Crippen LogP contribution in [0, 0.1) is 13.8 Å². The van der Waals surface area contributed by atoms with Gasteiger partial charge in [0.15, 0.2) is 0 Å². The van der Waals surface area contributed by atoms with Crippen molar-refractivity contribution in [2.24, 2.45) is 0 Å². The Balaban J connectivity index is 1.79. The van der Waals surface area contributed by atoms with E-state index >= 15 is 0 Å². The van der Waals surface area contributed by atoms with Crippen molar-refractivity contribution in [3.05, 3.63) is 65.5 Å². The number of nitrogens with zero attached hydrogens (tertiary/aromatic N) is 2. The molecule has 0 radical (unpaired) electrons. The zero-order valence-electron chi connectivity index (χ0n) is 13.5. The molecule has 1 aliphatic rings. The van der Waals surface area contributed by atoms with E-state index in [1.54, 1.807) is 12.1 Å². The van der Waals surface area contributed by atoms with Gasteiger partial charge in [-0.15, -0.1) is 0 Å². The van der Waals surface area contributed by atoms with Gasteiger partial charge in [-0.3, -0.25) is 19.8 Å². The van der Waals surface area contributed by atoms with E-state index in [9.17, 15) is 14.4 Å². The Morgan fingerprint density at radius 2 is 1.62 bits per heavy atom. The molecule has 1 aromatic carbocycles. The molecule has 122 valence electrons. The summed E-state index contributed by atoms with van der Waals surface area (Å²) in [5, 5.41) is 0.721. The largest absolute Gasteiger partial charge is 0.319 e. The molecule has 6 nitrogen and oxygen atoms in total. The minimum atomic E-state index is -0.566. The lowest BCUT2D eigenvalue weighted by Gasteiger charge is -2.15. The Kier molecular flexibility index (Phi) is 3.81. The van der Waals surface area contributed by atoms with E-state index in [1.807, 2.05) is 38.1 Å². The van der Waals surface area contributed by atoms with Gasteiger partial charge in [-0.2, -0.15) is 5.01 Å². The van der Waals surface area contributed by atoms with Crippen LogP contribution in [0.2, 0.25) is 0 Å². The molecule has 0 unspecified atom stereocenters. The minimum Gasteiger partial charge on any atom is -0.319 e. The summed E-state index contributed by atoms with van der Waals surface area (Å²) in [5.74, 6) is -1.56. The van der Waals surface area contributed by atoms with Crippen LogP contribution in [0.25, 0.3) is 5.69 Å². The van der Waals surface area contributed by atoms with Crippen molar-refractivity contribution in [2.75, 3.05) is 0 Å². The molecule has 1 saturated heterocycles. The summed E-state index contributed by atoms with van der Waals surface area (Å²) in [4.78, 5) is 35.7. The van der Waals surface area contributed by atoms with Crippen LogP contribution in [0.15, 0.2) is 48.6 Å². The second kappa shape index (κ2) is 5.81. The van der Waals surface area contributed by atoms with Crippen LogP contribution in [-0.4, -0.2) is 27.3 Å². The number of amides is 3. The highest BCUT2D eigenvalue weighted by Gasteiger charge is 2.34. The molecule has 1 N–H and O–H groups in total. The summed E-state index contributed by atoms with van der Waals surface area (Å²) in [6.45, 7) is 7.52. The number of hydrazine groups is 1. The Morgan fingerprint density at radius 1 is 1.04 bits per heavy atom. The molecule has 3 rings (SSSR count). The van der Waals surface area contributed by atoms with Crippen molar-refractivity contribution < 1.29 is 14.4 Å². The van der Waals surface area contributed by atoms with Gasteiger partial charge < -0.3 is 4.57 Å². The molecule has 3 amide bonds. The van der Waals surface area contributed by atoms with Crippen molar-refractivity contribution in [3.8, 4) is 5.69 Å². The van der Waals surface area contributed by atoms with Crippen LogP contribution < -0.4 is 5.43 Å². The Morgan fingerprint density at radius 3 is 2.12 bits per heavy atom. The van der Waals surface area contributed by atoms with Crippen molar-refractivity contribution in [2.45, 2.75) is 20.3 Å². The number of carbonyl (C=O) groups excluding carboxylic acids is 3. The first-order chi connectivity index (χ1) is 11.4. The van der Waals surface area contributed by atoms with Gasteiger partial charge in [-0.25, -0.2) is 0 Å². The van der Waals surface area contributed by atoms with Crippen molar-refractivity contribution in [3.63, 3.8) is 0 Å². The van der Waals surface area contributed by atoms with Gasteiger partial charge >= 0.3 is 0 Å². The van der Waals surface area contributed by atoms with Gasteiger partial charge in [0.25, 0.3) is 17.7 Å². The normalized spacial score (nSPS) is 14.4. The summed E-state index contributed by atoms with van der Waals surface area (Å²) in [6, 6.07) is 11.0. The number of nitrogens with one attached hydrogen (secondary N) is 1. The molecule has 2 heterocycles. The number of rotatable bonds is 3. The zero-order valence-corrected chi connectivity index (χ0v) is 13.5. The van der Waals surface area contributed by atoms with Gasteiger partial charge in [-0.1, -0.05) is 6.58 Å². The second-order valence-electron chi connectivity index (χ2n) is 5.75. The quantitative estimate of drug-likeness (QED) is 0.694. The highest BCUT2D eigenvalue weighted by molar-refractivity contribution is 6.14. The number of hydrogen-bond acceptors (Lipinski definition) is 3. The third kappa shape index (κ3) is 2.62. The number of benzene rings is 1. The molecule has 0 atom stereocenters. The molecule has 0 saturated carbocycles. The van der Waals surface area contributed by atoms with E-state index in [2.05, 4.69) is 16.6 Å². The van der Waals surface area contributed by atoms with E-state index in [4.69, 9.17) is 0 Å². The molecule has 0 aliphatic carbocycles. The average molecular weight is 323 g/mol. The minimum absolute atomic E-state index is 0.0652. The predicted octanol–water partition coefficient (Wildman–Crippen LogP) is 2.05.